The van der Waals surface area contributed by atoms with E-state index in [2.05, 4.69) is 51.5 Å². The summed E-state index contributed by atoms with van der Waals surface area (Å²) < 4.78 is 30.9. The van der Waals surface area contributed by atoms with Gasteiger partial charge in [0.2, 0.25) is 29.5 Å². The molecule has 0 unspecified atom stereocenters. The van der Waals surface area contributed by atoms with Gasteiger partial charge in [0.25, 0.3) is 11.8 Å². The molecular formula is C56H52Cl2F2N18O8. The van der Waals surface area contributed by atoms with Crippen molar-refractivity contribution in [1.82, 2.24) is 50.0 Å². The highest BCUT2D eigenvalue weighted by Gasteiger charge is 2.36. The van der Waals surface area contributed by atoms with E-state index in [9.17, 15) is 47.1 Å². The summed E-state index contributed by atoms with van der Waals surface area (Å²) in [6, 6.07) is 23.8. The quantitative estimate of drug-likeness (QED) is 0.0254. The van der Waals surface area contributed by atoms with E-state index < -0.39 is 53.1 Å². The van der Waals surface area contributed by atoms with Gasteiger partial charge in [-0.3, -0.25) is 52.9 Å². The Balaban J connectivity index is 0.000000202. The highest BCUT2D eigenvalue weighted by Crippen LogP contribution is 2.30. The topological polar surface area (TPSA) is 379 Å². The number of carbonyl (C=O) groups excluding carboxylic acids is 8. The van der Waals surface area contributed by atoms with Gasteiger partial charge in [-0.1, -0.05) is 47.5 Å². The van der Waals surface area contributed by atoms with Gasteiger partial charge in [0.05, 0.1) is 34.2 Å². The van der Waals surface area contributed by atoms with Crippen LogP contribution in [0.4, 0.5) is 30.6 Å². The smallest absolute Gasteiger partial charge is 0.323 e. The predicted molar refractivity (Wildman–Crippen MR) is 311 cm³/mol. The number of carbonyl (C=O) groups is 8. The number of halogens is 4. The fourth-order valence-electron chi connectivity index (χ4n) is 8.60. The lowest BCUT2D eigenvalue weighted by atomic mass is 10.1. The molecule has 10 N–H and O–H groups in total. The number of nitrogens with zero attached hydrogens (tertiary/aromatic N) is 11. The normalized spacial score (nSPS) is 12.2. The third-order valence-corrected chi connectivity index (χ3v) is 13.7. The Bertz CT molecular complexity index is 3950. The number of fused-ring (bicyclic) bond motifs is 2. The Kier molecular flexibility index (Phi) is 20.1. The molecule has 26 nitrogen and oxygen atoms in total. The van der Waals surface area contributed by atoms with Gasteiger partial charge in [-0.15, -0.1) is 0 Å². The largest absolute Gasteiger partial charge is 0.399 e. The number of nitrogen functional groups attached to an aromatic ring is 1. The molecule has 10 rings (SSSR count). The van der Waals surface area contributed by atoms with Crippen molar-refractivity contribution in [1.29, 1.82) is 0 Å². The lowest BCUT2D eigenvalue weighted by Gasteiger charge is -2.22. The molecule has 0 spiro atoms. The predicted octanol–water partition coefficient (Wildman–Crippen LogP) is 6.62. The van der Waals surface area contributed by atoms with E-state index in [1.807, 2.05) is 0 Å². The number of azide groups is 1. The molecule has 4 aromatic carbocycles. The number of primary amides is 2. The molecule has 86 heavy (non-hydrogen) atoms. The number of pyridine rings is 2. The first kappa shape index (κ1) is 61.5. The fraction of sp³-hybridized carbons (Fsp3) is 0.214. The van der Waals surface area contributed by atoms with Crippen LogP contribution in [0.2, 0.25) is 10.0 Å². The molecule has 9 amide bonds. The van der Waals surface area contributed by atoms with Crippen molar-refractivity contribution < 1.29 is 47.1 Å². The monoisotopic (exact) mass is 1210 g/mol. The number of nitrogens with two attached hydrogens (primary N) is 3. The van der Waals surface area contributed by atoms with E-state index in [0.717, 1.165) is 31.4 Å². The molecule has 4 aromatic heterocycles. The number of urea groups is 1. The fourth-order valence-corrected chi connectivity index (χ4v) is 8.98. The Morgan fingerprint density at radius 3 is 1.52 bits per heavy atom. The Morgan fingerprint density at radius 2 is 1.08 bits per heavy atom. The molecule has 2 aliphatic carbocycles. The molecule has 2 saturated carbocycles. The molecule has 30 heteroatoms. The first-order valence-electron chi connectivity index (χ1n) is 26.1. The summed E-state index contributed by atoms with van der Waals surface area (Å²) in [5.41, 5.74) is 27.5. The zero-order valence-corrected chi connectivity index (χ0v) is 46.7. The maximum absolute atomic E-state index is 14.2. The number of rotatable bonds is 19. The van der Waals surface area contributed by atoms with Gasteiger partial charge in [-0.25, -0.2) is 13.6 Å². The Morgan fingerprint density at radius 1 is 0.628 bits per heavy atom. The first-order chi connectivity index (χ1) is 41.3. The number of amides is 9. The number of nitrogens with one attached hydrogen (secondary N) is 4. The van der Waals surface area contributed by atoms with E-state index in [0.29, 0.717) is 27.8 Å². The average molecular weight is 1210 g/mol. The van der Waals surface area contributed by atoms with Crippen LogP contribution >= 0.6 is 23.2 Å². The van der Waals surface area contributed by atoms with Crippen LogP contribution < -0.4 is 38.5 Å². The van der Waals surface area contributed by atoms with E-state index in [-0.39, 0.29) is 101 Å². The van der Waals surface area contributed by atoms with Crippen molar-refractivity contribution in [2.75, 3.05) is 29.5 Å². The van der Waals surface area contributed by atoms with Crippen LogP contribution in [0.15, 0.2) is 127 Å². The SMILES string of the molecule is NC(=O)c1nn(CC(=O)N(CC(=O)NCc2cccc(Cl)c2F)C2CC2)c2ccc(NC(=O)Nc3ccncc3)cc12.Nc1ccncc1.[N-]=[N+]=NC(=O)c1ccc2c(c1)c(C(N)=O)nn2CC(=O)N(CC(=O)NCc1cccc(Cl)c1F)C1CC1. The van der Waals surface area contributed by atoms with Crippen molar-refractivity contribution in [2.45, 2.75) is 63.9 Å². The zero-order valence-electron chi connectivity index (χ0n) is 45.2. The summed E-state index contributed by atoms with van der Waals surface area (Å²) in [7, 11) is 0. The highest BCUT2D eigenvalue weighted by molar-refractivity contribution is 6.31. The zero-order chi connectivity index (χ0) is 61.6. The molecule has 442 valence electrons. The van der Waals surface area contributed by atoms with Crippen LogP contribution in [0.1, 0.15) is 68.1 Å². The van der Waals surface area contributed by atoms with Crippen LogP contribution in [0.5, 0.6) is 0 Å². The molecular weight excluding hydrogens is 1160 g/mol. The molecule has 0 radical (unpaired) electrons. The third kappa shape index (κ3) is 16.2. The number of hydrogen-bond acceptors (Lipinski definition) is 13. The summed E-state index contributed by atoms with van der Waals surface area (Å²) in [6.45, 7) is -1.22. The summed E-state index contributed by atoms with van der Waals surface area (Å²) in [5.74, 6) is -5.54. The molecule has 8 aromatic rings. The van der Waals surface area contributed by atoms with E-state index in [4.69, 9.17) is 45.9 Å². The van der Waals surface area contributed by atoms with Gasteiger partial charge >= 0.3 is 6.03 Å². The second-order valence-corrected chi connectivity index (χ2v) is 20.1. The maximum Gasteiger partial charge on any atom is 0.323 e. The minimum atomic E-state index is -0.878. The molecule has 4 heterocycles. The number of aromatic nitrogens is 6. The van der Waals surface area contributed by atoms with Crippen molar-refractivity contribution >= 4 is 109 Å². The average Bonchev–Trinajstić information content (AvgIpc) is 4.40. The second kappa shape index (κ2) is 28.1. The van der Waals surface area contributed by atoms with Crippen LogP contribution in [0.3, 0.4) is 0 Å². The second-order valence-electron chi connectivity index (χ2n) is 19.3. The summed E-state index contributed by atoms with van der Waals surface area (Å²) >= 11 is 11.6. The van der Waals surface area contributed by atoms with Gasteiger partial charge in [0.1, 0.15) is 24.7 Å². The number of hydrogen-bond donors (Lipinski definition) is 7. The Labute approximate surface area is 496 Å². The first-order valence-corrected chi connectivity index (χ1v) is 26.9. The van der Waals surface area contributed by atoms with E-state index in [1.54, 1.807) is 60.9 Å². The van der Waals surface area contributed by atoms with Gasteiger partial charge in [-0.05, 0) is 109 Å². The lowest BCUT2D eigenvalue weighted by Crippen LogP contribution is -2.43. The van der Waals surface area contributed by atoms with Crippen molar-refractivity contribution in [3.8, 4) is 0 Å². The highest BCUT2D eigenvalue weighted by atomic mass is 35.5. The summed E-state index contributed by atoms with van der Waals surface area (Å²) in [6.07, 6.45) is 9.32. The lowest BCUT2D eigenvalue weighted by molar-refractivity contribution is -0.137. The maximum atomic E-state index is 14.2. The van der Waals surface area contributed by atoms with E-state index >= 15 is 0 Å². The van der Waals surface area contributed by atoms with Crippen LogP contribution in [-0.4, -0.2) is 112 Å². The van der Waals surface area contributed by atoms with E-state index in [1.165, 1.54) is 80.1 Å². The number of benzene rings is 4. The van der Waals surface area contributed by atoms with Gasteiger partial charge in [-0.2, -0.15) is 10.2 Å². The van der Waals surface area contributed by atoms with Crippen molar-refractivity contribution in [3.63, 3.8) is 0 Å². The molecule has 0 atom stereocenters. The molecule has 0 saturated heterocycles. The Hall–Kier alpha value is -10.6. The number of anilines is 3. The van der Waals surface area contributed by atoms with Gasteiger partial charge in [0, 0.05) is 99.4 Å². The summed E-state index contributed by atoms with van der Waals surface area (Å²) in [5, 5.41) is 22.4. The molecule has 2 aliphatic rings. The standard InChI is InChI=1S/C28H26ClFN8O4.C23H20ClFN8O4.C5H6N2/c29-21-3-1-2-16(25(21)30)13-33-23(39)14-37(19-5-6-19)24(40)15-38-22-7-4-18(12-20(22)26(36-38)27(31)41)35-28(42)34-17-8-10-32-11-9-17;24-16-3-1-2-13(20(16)25)9-28-18(34)10-32(14-5-6-14)19(35)11-33-17-7-4-12(23(37)29-31-27)8-15(17)21(30-33)22(26)36;6-5-1-3-7-4-2-5/h1-4,7-12,19H,5-6,13-15H2,(H2,31,41)(H,33,39)(H2,32,34,35,42);1-4,7-8,14H,5-6,9-11H2,(H2,26,36)(H,28,34);1-4H,(H2,6,7). The van der Waals surface area contributed by atoms with Crippen LogP contribution in [-0.2, 0) is 45.4 Å². The van der Waals surface area contributed by atoms with Crippen molar-refractivity contribution in [2.24, 2.45) is 16.6 Å². The minimum absolute atomic E-state index is 0.0195. The summed E-state index contributed by atoms with van der Waals surface area (Å²) in [4.78, 5) is 113. The van der Waals surface area contributed by atoms with Crippen molar-refractivity contribution in [3.05, 3.63) is 182 Å². The van der Waals surface area contributed by atoms with Crippen LogP contribution in [0, 0.1) is 11.6 Å². The van der Waals surface area contributed by atoms with Gasteiger partial charge in [0.15, 0.2) is 11.4 Å². The molecule has 0 bridgehead atoms. The van der Waals surface area contributed by atoms with Crippen LogP contribution in [0.25, 0.3) is 32.2 Å². The third-order valence-electron chi connectivity index (χ3n) is 13.1. The minimum Gasteiger partial charge on any atom is -0.399 e. The molecule has 0 aliphatic heterocycles. The van der Waals surface area contributed by atoms with Gasteiger partial charge < -0.3 is 48.3 Å². The molecule has 2 fully saturated rings.